The summed E-state index contributed by atoms with van der Waals surface area (Å²) < 4.78 is 70.0. The SMILES string of the molecule is COCCOC1=CCC(N(S(=O)(=O)c2ccc(C(C)(C)C)cc2)S(=O)(=O)c2ccc(C(C)(C)C)cc2)=C1c1ccc(C)cc1. The van der Waals surface area contributed by atoms with Crippen molar-refractivity contribution in [3.05, 3.63) is 113 Å². The molecule has 7 nitrogen and oxygen atoms in total. The van der Waals surface area contributed by atoms with Gasteiger partial charge in [0.2, 0.25) is 0 Å². The molecular formula is C35H43NO6S2. The lowest BCUT2D eigenvalue weighted by atomic mass is 9.87. The average molecular weight is 638 g/mol. The zero-order valence-electron chi connectivity index (χ0n) is 26.8. The Morgan fingerprint density at radius 2 is 1.14 bits per heavy atom. The summed E-state index contributed by atoms with van der Waals surface area (Å²) in [5, 5.41) is 0. The van der Waals surface area contributed by atoms with Gasteiger partial charge in [-0.1, -0.05) is 95.6 Å². The second-order valence-corrected chi connectivity index (χ2v) is 16.9. The molecule has 0 aromatic heterocycles. The lowest BCUT2D eigenvalue weighted by molar-refractivity contribution is 0.116. The van der Waals surface area contributed by atoms with Crippen molar-refractivity contribution in [2.75, 3.05) is 20.3 Å². The van der Waals surface area contributed by atoms with E-state index in [4.69, 9.17) is 9.47 Å². The fraction of sp³-hybridized carbons (Fsp3) is 0.371. The van der Waals surface area contributed by atoms with Crippen molar-refractivity contribution < 1.29 is 26.3 Å². The molecule has 0 heterocycles. The second-order valence-electron chi connectivity index (χ2n) is 13.1. The Kier molecular flexibility index (Phi) is 9.54. The Hall–Kier alpha value is -3.40. The van der Waals surface area contributed by atoms with Crippen LogP contribution in [0.15, 0.2) is 100 Å². The van der Waals surface area contributed by atoms with Crippen molar-refractivity contribution in [3.8, 4) is 0 Å². The van der Waals surface area contributed by atoms with Crippen LogP contribution in [0.2, 0.25) is 0 Å². The van der Waals surface area contributed by atoms with Gasteiger partial charge in [0.05, 0.1) is 22.1 Å². The molecule has 0 unspecified atom stereocenters. The van der Waals surface area contributed by atoms with Crippen LogP contribution in [-0.2, 0) is 40.4 Å². The van der Waals surface area contributed by atoms with Crippen molar-refractivity contribution in [2.24, 2.45) is 0 Å². The number of methoxy groups -OCH3 is 1. The average Bonchev–Trinajstić information content (AvgIpc) is 3.35. The predicted molar refractivity (Wildman–Crippen MR) is 175 cm³/mol. The van der Waals surface area contributed by atoms with Crippen LogP contribution in [0.25, 0.3) is 5.57 Å². The van der Waals surface area contributed by atoms with E-state index >= 15 is 0 Å². The minimum atomic E-state index is -4.61. The third kappa shape index (κ3) is 6.95. The zero-order valence-corrected chi connectivity index (χ0v) is 28.5. The zero-order chi connectivity index (χ0) is 32.5. The maximum atomic E-state index is 14.6. The van der Waals surface area contributed by atoms with E-state index in [1.807, 2.05) is 72.7 Å². The molecule has 0 aliphatic heterocycles. The van der Waals surface area contributed by atoms with Crippen LogP contribution in [0.4, 0.5) is 0 Å². The number of allylic oxidation sites excluding steroid dienone is 2. The topological polar surface area (TPSA) is 90.0 Å². The summed E-state index contributed by atoms with van der Waals surface area (Å²) in [5.41, 5.74) is 3.59. The van der Waals surface area contributed by atoms with E-state index in [0.29, 0.717) is 27.2 Å². The summed E-state index contributed by atoms with van der Waals surface area (Å²) in [6, 6.07) is 20.3. The number of sulfonamides is 2. The highest BCUT2D eigenvalue weighted by atomic mass is 32.3. The Morgan fingerprint density at radius 1 is 0.682 bits per heavy atom. The van der Waals surface area contributed by atoms with Gasteiger partial charge in [0.15, 0.2) is 0 Å². The molecule has 0 fully saturated rings. The third-order valence-electron chi connectivity index (χ3n) is 7.59. The van der Waals surface area contributed by atoms with Gasteiger partial charge in [-0.3, -0.25) is 0 Å². The van der Waals surface area contributed by atoms with Gasteiger partial charge in [-0.2, -0.15) is 3.71 Å². The number of hydrogen-bond acceptors (Lipinski definition) is 6. The molecule has 0 bridgehead atoms. The van der Waals surface area contributed by atoms with E-state index in [2.05, 4.69) is 0 Å². The van der Waals surface area contributed by atoms with Gasteiger partial charge in [0, 0.05) is 19.1 Å². The number of hydrogen-bond donors (Lipinski definition) is 0. The van der Waals surface area contributed by atoms with E-state index in [-0.39, 0.29) is 39.3 Å². The van der Waals surface area contributed by atoms with Crippen molar-refractivity contribution in [1.82, 2.24) is 3.71 Å². The highest BCUT2D eigenvalue weighted by Crippen LogP contribution is 2.42. The van der Waals surface area contributed by atoms with Gasteiger partial charge in [0.25, 0.3) is 20.0 Å². The predicted octanol–water partition coefficient (Wildman–Crippen LogP) is 7.33. The molecule has 0 amide bonds. The fourth-order valence-electron chi connectivity index (χ4n) is 4.96. The van der Waals surface area contributed by atoms with Crippen LogP contribution in [0, 0.1) is 6.92 Å². The largest absolute Gasteiger partial charge is 0.491 e. The smallest absolute Gasteiger partial charge is 0.277 e. The van der Waals surface area contributed by atoms with Crippen molar-refractivity contribution in [3.63, 3.8) is 0 Å². The van der Waals surface area contributed by atoms with Crippen molar-refractivity contribution >= 4 is 25.6 Å². The molecule has 0 saturated carbocycles. The molecule has 0 radical (unpaired) electrons. The van der Waals surface area contributed by atoms with Crippen LogP contribution in [0.1, 0.15) is 70.2 Å². The first kappa shape index (κ1) is 33.5. The van der Waals surface area contributed by atoms with Gasteiger partial charge in [-0.25, -0.2) is 16.8 Å². The molecule has 0 saturated heterocycles. The Labute approximate surface area is 263 Å². The van der Waals surface area contributed by atoms with Gasteiger partial charge in [0.1, 0.15) is 12.4 Å². The molecule has 236 valence electrons. The fourth-order valence-corrected chi connectivity index (χ4v) is 8.77. The number of nitrogens with zero attached hydrogens (tertiary/aromatic N) is 1. The van der Waals surface area contributed by atoms with Crippen LogP contribution >= 0.6 is 0 Å². The maximum Gasteiger partial charge on any atom is 0.277 e. The molecule has 0 atom stereocenters. The molecule has 0 spiro atoms. The first-order valence-corrected chi connectivity index (χ1v) is 17.5. The first-order chi connectivity index (χ1) is 20.5. The van der Waals surface area contributed by atoms with Gasteiger partial charge in [-0.15, -0.1) is 0 Å². The van der Waals surface area contributed by atoms with Crippen LogP contribution in [0.5, 0.6) is 0 Å². The quantitative estimate of drug-likeness (QED) is 0.216. The number of aryl methyl sites for hydroxylation is 1. The summed E-state index contributed by atoms with van der Waals surface area (Å²) in [6.07, 6.45) is 1.76. The molecule has 44 heavy (non-hydrogen) atoms. The summed E-state index contributed by atoms with van der Waals surface area (Å²) in [4.78, 5) is -0.241. The molecule has 1 aliphatic carbocycles. The van der Waals surface area contributed by atoms with Crippen LogP contribution < -0.4 is 0 Å². The number of benzene rings is 3. The third-order valence-corrected chi connectivity index (χ3v) is 11.8. The molecule has 9 heteroatoms. The molecule has 1 aliphatic rings. The lowest BCUT2D eigenvalue weighted by Gasteiger charge is -2.28. The van der Waals surface area contributed by atoms with Gasteiger partial charge >= 0.3 is 0 Å². The summed E-state index contributed by atoms with van der Waals surface area (Å²) in [5.74, 6) is 0.405. The molecule has 3 aromatic carbocycles. The molecule has 0 N–H and O–H groups in total. The normalized spacial score (nSPS) is 14.5. The van der Waals surface area contributed by atoms with E-state index < -0.39 is 20.0 Å². The summed E-state index contributed by atoms with van der Waals surface area (Å²) in [7, 11) is -7.67. The second kappa shape index (κ2) is 12.5. The van der Waals surface area contributed by atoms with Gasteiger partial charge in [-0.05, 0) is 64.8 Å². The van der Waals surface area contributed by atoms with Gasteiger partial charge < -0.3 is 9.47 Å². The van der Waals surface area contributed by atoms with E-state index in [9.17, 15) is 16.8 Å². The number of rotatable bonds is 10. The minimum Gasteiger partial charge on any atom is -0.491 e. The van der Waals surface area contributed by atoms with Crippen molar-refractivity contribution in [1.29, 1.82) is 0 Å². The van der Waals surface area contributed by atoms with E-state index in [1.54, 1.807) is 37.5 Å². The monoisotopic (exact) mass is 637 g/mol. The highest BCUT2D eigenvalue weighted by molar-refractivity contribution is 8.04. The number of ether oxygens (including phenoxy) is 2. The van der Waals surface area contributed by atoms with Crippen molar-refractivity contribution in [2.45, 2.75) is 75.5 Å². The van der Waals surface area contributed by atoms with Crippen LogP contribution in [-0.4, -0.2) is 40.9 Å². The minimum absolute atomic E-state index is 0.0319. The summed E-state index contributed by atoms with van der Waals surface area (Å²) >= 11 is 0. The Morgan fingerprint density at radius 3 is 1.55 bits per heavy atom. The maximum absolute atomic E-state index is 14.6. The molecule has 4 rings (SSSR count). The lowest BCUT2D eigenvalue weighted by Crippen LogP contribution is -2.36. The molecular weight excluding hydrogens is 595 g/mol. The van der Waals surface area contributed by atoms with E-state index in [0.717, 1.165) is 16.7 Å². The summed E-state index contributed by atoms with van der Waals surface area (Å²) in [6.45, 7) is 14.7. The standard InChI is InChI=1S/C35H43NO6S2/c1-25-9-11-26(12-10-25)33-31(21-22-32(33)42-24-23-41-8)36(43(37,38)29-17-13-27(14-18-29)34(2,3)4)44(39,40)30-19-15-28(16-20-30)35(5,6)7/h9-20,22H,21,23-24H2,1-8H3. The Balaban J connectivity index is 1.97. The van der Waals surface area contributed by atoms with Crippen LogP contribution in [0.3, 0.4) is 0 Å². The Bertz CT molecular complexity index is 1670. The molecule has 3 aromatic rings. The highest BCUT2D eigenvalue weighted by Gasteiger charge is 2.42. The van der Waals surface area contributed by atoms with E-state index in [1.165, 1.54) is 24.3 Å². The first-order valence-electron chi connectivity index (χ1n) is 14.6.